The zero-order valence-corrected chi connectivity index (χ0v) is 8.42. The van der Waals surface area contributed by atoms with Gasteiger partial charge in [0.2, 0.25) is 0 Å². The average molecular weight is 237 g/mol. The molecule has 0 bridgehead atoms. The number of fused-ring (bicyclic) bond motifs is 3. The van der Waals surface area contributed by atoms with E-state index in [0.29, 0.717) is 21.9 Å². The summed E-state index contributed by atoms with van der Waals surface area (Å²) in [5.41, 5.74) is 0.484. The van der Waals surface area contributed by atoms with Crippen LogP contribution in [0, 0.1) is 0 Å². The highest BCUT2D eigenvalue weighted by Gasteiger charge is 2.30. The molecule has 0 radical (unpaired) electrons. The highest BCUT2D eigenvalue weighted by molar-refractivity contribution is 6.05. The van der Waals surface area contributed by atoms with E-state index in [1.54, 1.807) is 0 Å². The molecule has 0 unspecified atom stereocenters. The number of hydrogen-bond acceptors (Lipinski definition) is 2. The lowest BCUT2D eigenvalue weighted by Crippen LogP contribution is -2.03. The first-order chi connectivity index (χ1) is 8.05. The summed E-state index contributed by atoms with van der Waals surface area (Å²) >= 11 is 0. The van der Waals surface area contributed by atoms with Gasteiger partial charge in [0.15, 0.2) is 0 Å². The fraction of sp³-hybridized carbons (Fsp3) is 0.0909. The van der Waals surface area contributed by atoms with Crippen molar-refractivity contribution >= 4 is 21.9 Å². The lowest BCUT2D eigenvalue weighted by atomic mass is 10.1. The van der Waals surface area contributed by atoms with Gasteiger partial charge in [-0.3, -0.25) is 0 Å². The highest BCUT2D eigenvalue weighted by Crippen LogP contribution is 2.33. The molecule has 0 aliphatic rings. The fourth-order valence-electron chi connectivity index (χ4n) is 1.81. The van der Waals surface area contributed by atoms with E-state index >= 15 is 0 Å². The number of H-pyrrole nitrogens is 1. The number of halogens is 3. The van der Waals surface area contributed by atoms with E-state index in [1.807, 2.05) is 0 Å². The Morgan fingerprint density at radius 2 is 1.94 bits per heavy atom. The van der Waals surface area contributed by atoms with Gasteiger partial charge < -0.3 is 4.98 Å². The van der Waals surface area contributed by atoms with Crippen LogP contribution in [0.2, 0.25) is 0 Å². The van der Waals surface area contributed by atoms with Gasteiger partial charge in [-0.15, -0.1) is 0 Å². The Bertz CT molecular complexity index is 700. The molecule has 0 spiro atoms. The zero-order valence-electron chi connectivity index (χ0n) is 8.42. The first-order valence-corrected chi connectivity index (χ1v) is 4.84. The number of nitrogens with one attached hydrogen (secondary N) is 1. The van der Waals surface area contributed by atoms with Crippen molar-refractivity contribution in [1.82, 2.24) is 15.0 Å². The molecule has 3 aromatic rings. The maximum absolute atomic E-state index is 12.6. The monoisotopic (exact) mass is 237 g/mol. The normalized spacial score (nSPS) is 12.4. The molecule has 0 aliphatic heterocycles. The maximum atomic E-state index is 12.6. The van der Waals surface area contributed by atoms with Crippen LogP contribution >= 0.6 is 0 Å². The van der Waals surface area contributed by atoms with Crippen molar-refractivity contribution in [2.75, 3.05) is 0 Å². The Balaban J connectivity index is 2.38. The van der Waals surface area contributed by atoms with Crippen molar-refractivity contribution in [3.05, 3.63) is 36.3 Å². The lowest BCUT2D eigenvalue weighted by molar-refractivity contribution is -0.137. The lowest BCUT2D eigenvalue weighted by Gasteiger charge is -2.05. The molecule has 17 heavy (non-hydrogen) atoms. The van der Waals surface area contributed by atoms with Crippen LogP contribution in [0.3, 0.4) is 0 Å². The van der Waals surface area contributed by atoms with Gasteiger partial charge in [0.05, 0.1) is 5.56 Å². The van der Waals surface area contributed by atoms with E-state index < -0.39 is 11.7 Å². The largest absolute Gasteiger partial charge is 0.416 e. The molecule has 3 rings (SSSR count). The molecule has 0 saturated carbocycles. The van der Waals surface area contributed by atoms with Crippen LogP contribution in [0.15, 0.2) is 30.7 Å². The molecule has 2 heterocycles. The molecular weight excluding hydrogens is 231 g/mol. The molecule has 3 nitrogen and oxygen atoms in total. The predicted molar refractivity (Wildman–Crippen MR) is 56.4 cm³/mol. The quantitative estimate of drug-likeness (QED) is 0.652. The number of nitrogens with zero attached hydrogens (tertiary/aromatic N) is 2. The second kappa shape index (κ2) is 3.19. The molecule has 0 saturated heterocycles. The van der Waals surface area contributed by atoms with Crippen LogP contribution in [-0.2, 0) is 6.18 Å². The average Bonchev–Trinajstić information content (AvgIpc) is 2.65. The molecular formula is C11H6F3N3. The number of rotatable bonds is 0. The first kappa shape index (κ1) is 10.1. The van der Waals surface area contributed by atoms with Gasteiger partial charge in [0.25, 0.3) is 0 Å². The van der Waals surface area contributed by atoms with Gasteiger partial charge in [-0.25, -0.2) is 9.97 Å². The summed E-state index contributed by atoms with van der Waals surface area (Å²) in [6, 6.07) is 3.56. The number of benzene rings is 1. The number of alkyl halides is 3. The van der Waals surface area contributed by atoms with Crippen LogP contribution in [0.5, 0.6) is 0 Å². The van der Waals surface area contributed by atoms with Crippen LogP contribution in [0.4, 0.5) is 13.2 Å². The molecule has 86 valence electrons. The topological polar surface area (TPSA) is 41.6 Å². The molecule has 1 aromatic carbocycles. The molecule has 0 atom stereocenters. The Morgan fingerprint density at radius 1 is 1.12 bits per heavy atom. The van der Waals surface area contributed by atoms with Crippen LogP contribution in [-0.4, -0.2) is 15.0 Å². The van der Waals surface area contributed by atoms with Gasteiger partial charge in [-0.2, -0.15) is 13.2 Å². The summed E-state index contributed by atoms with van der Waals surface area (Å²) in [6.45, 7) is 0. The van der Waals surface area contributed by atoms with Crippen molar-refractivity contribution in [2.45, 2.75) is 6.18 Å². The van der Waals surface area contributed by atoms with E-state index in [0.717, 1.165) is 12.1 Å². The van der Waals surface area contributed by atoms with Gasteiger partial charge in [0.1, 0.15) is 12.0 Å². The SMILES string of the molecule is FC(F)(F)c1ccc2[nH]c3ncncc3c2c1. The van der Waals surface area contributed by atoms with Gasteiger partial charge in [0, 0.05) is 22.5 Å². The Labute approximate surface area is 93.3 Å². The smallest absolute Gasteiger partial charge is 0.339 e. The molecule has 6 heteroatoms. The minimum Gasteiger partial charge on any atom is -0.339 e. The summed E-state index contributed by atoms with van der Waals surface area (Å²) in [6.07, 6.45) is -1.49. The molecule has 0 amide bonds. The summed E-state index contributed by atoms with van der Waals surface area (Å²) < 4.78 is 37.7. The van der Waals surface area contributed by atoms with Crippen molar-refractivity contribution in [3.63, 3.8) is 0 Å². The van der Waals surface area contributed by atoms with Crippen molar-refractivity contribution < 1.29 is 13.2 Å². The molecule has 1 N–H and O–H groups in total. The molecule has 2 aromatic heterocycles. The van der Waals surface area contributed by atoms with Crippen molar-refractivity contribution in [3.8, 4) is 0 Å². The summed E-state index contributed by atoms with van der Waals surface area (Å²) in [7, 11) is 0. The van der Waals surface area contributed by atoms with Gasteiger partial charge >= 0.3 is 6.18 Å². The second-order valence-corrected chi connectivity index (χ2v) is 3.67. The predicted octanol–water partition coefficient (Wildman–Crippen LogP) is 3.13. The maximum Gasteiger partial charge on any atom is 0.416 e. The third kappa shape index (κ3) is 1.52. The standard InChI is InChI=1S/C11H6F3N3/c12-11(13,14)6-1-2-9-7(3-6)8-4-15-5-16-10(8)17-9/h1-5H,(H,15,16,17). The minimum absolute atomic E-state index is 0.482. The first-order valence-electron chi connectivity index (χ1n) is 4.84. The number of aromatic nitrogens is 3. The minimum atomic E-state index is -4.34. The highest BCUT2D eigenvalue weighted by atomic mass is 19.4. The van der Waals surface area contributed by atoms with Crippen LogP contribution in [0.25, 0.3) is 21.9 Å². The van der Waals surface area contributed by atoms with Gasteiger partial charge in [-0.1, -0.05) is 0 Å². The summed E-state index contributed by atoms with van der Waals surface area (Å²) in [4.78, 5) is 10.7. The van der Waals surface area contributed by atoms with E-state index in [4.69, 9.17) is 0 Å². The van der Waals surface area contributed by atoms with Crippen molar-refractivity contribution in [2.24, 2.45) is 0 Å². The summed E-state index contributed by atoms with van der Waals surface area (Å²) in [5, 5.41) is 1.07. The Hall–Kier alpha value is -2.11. The third-order valence-corrected chi connectivity index (χ3v) is 2.60. The number of aromatic amines is 1. The van der Waals surface area contributed by atoms with Gasteiger partial charge in [-0.05, 0) is 18.2 Å². The van der Waals surface area contributed by atoms with E-state index in [2.05, 4.69) is 15.0 Å². The van der Waals surface area contributed by atoms with E-state index in [1.165, 1.54) is 18.6 Å². The Kier molecular flexibility index (Phi) is 1.89. The Morgan fingerprint density at radius 3 is 2.71 bits per heavy atom. The van der Waals surface area contributed by atoms with Crippen molar-refractivity contribution in [1.29, 1.82) is 0 Å². The van der Waals surface area contributed by atoms with E-state index in [-0.39, 0.29) is 0 Å². The number of hydrogen-bond donors (Lipinski definition) is 1. The molecule has 0 fully saturated rings. The summed E-state index contributed by atoms with van der Waals surface area (Å²) in [5.74, 6) is 0. The third-order valence-electron chi connectivity index (χ3n) is 2.60. The van der Waals surface area contributed by atoms with Crippen LogP contribution in [0.1, 0.15) is 5.56 Å². The fourth-order valence-corrected chi connectivity index (χ4v) is 1.81. The molecule has 0 aliphatic carbocycles. The van der Waals surface area contributed by atoms with Crippen LogP contribution < -0.4 is 0 Å². The van der Waals surface area contributed by atoms with E-state index in [9.17, 15) is 13.2 Å². The second-order valence-electron chi connectivity index (χ2n) is 3.67. The zero-order chi connectivity index (χ0) is 12.0.